The minimum absolute atomic E-state index is 0.161. The number of benzene rings is 8. The second-order valence-electron chi connectivity index (χ2n) is 15.2. The molecule has 5 nitrogen and oxygen atoms in total. The summed E-state index contributed by atoms with van der Waals surface area (Å²) in [6.45, 7) is 4.65. The van der Waals surface area contributed by atoms with E-state index in [9.17, 15) is 0 Å². The first-order valence-corrected chi connectivity index (χ1v) is 19.4. The summed E-state index contributed by atoms with van der Waals surface area (Å²) in [7, 11) is 0. The molecule has 10 aromatic rings. The number of para-hydroxylation sites is 1. The summed E-state index contributed by atoms with van der Waals surface area (Å²) in [5, 5.41) is 4.15. The number of anilines is 3. The number of fused-ring (bicyclic) bond motifs is 8. The lowest BCUT2D eigenvalue weighted by Gasteiger charge is -2.28. The molecule has 270 valence electrons. The molecule has 0 spiro atoms. The molecule has 1 aliphatic carbocycles. The zero-order chi connectivity index (χ0) is 38.1. The first-order chi connectivity index (χ1) is 28.0. The highest BCUT2D eigenvalue weighted by Gasteiger charge is 2.36. The van der Waals surface area contributed by atoms with Crippen molar-refractivity contribution in [3.05, 3.63) is 193 Å². The van der Waals surface area contributed by atoms with Crippen molar-refractivity contribution >= 4 is 49.8 Å². The summed E-state index contributed by atoms with van der Waals surface area (Å²) >= 11 is 0. The molecular formula is C52H36N4O. The van der Waals surface area contributed by atoms with Gasteiger partial charge in [0.05, 0.1) is 5.69 Å². The van der Waals surface area contributed by atoms with E-state index < -0.39 is 0 Å². The molecule has 0 radical (unpaired) electrons. The van der Waals surface area contributed by atoms with Gasteiger partial charge in [-0.05, 0) is 64.0 Å². The summed E-state index contributed by atoms with van der Waals surface area (Å²) in [5.41, 5.74) is 12.4. The van der Waals surface area contributed by atoms with Crippen LogP contribution in [-0.4, -0.2) is 15.0 Å². The van der Waals surface area contributed by atoms with Gasteiger partial charge in [-0.15, -0.1) is 0 Å². The summed E-state index contributed by atoms with van der Waals surface area (Å²) in [6, 6.07) is 63.6. The number of nitrogens with zero attached hydrogens (tertiary/aromatic N) is 4. The van der Waals surface area contributed by atoms with E-state index in [1.165, 1.54) is 22.3 Å². The Morgan fingerprint density at radius 3 is 1.79 bits per heavy atom. The fraction of sp³-hybridized carbons (Fsp3) is 0.0577. The van der Waals surface area contributed by atoms with Crippen LogP contribution in [0.3, 0.4) is 0 Å². The number of hydrogen-bond acceptors (Lipinski definition) is 5. The molecule has 0 N–H and O–H groups in total. The average Bonchev–Trinajstić information content (AvgIpc) is 3.76. The maximum Gasteiger partial charge on any atom is 0.164 e. The normalized spacial score (nSPS) is 12.9. The van der Waals surface area contributed by atoms with Gasteiger partial charge in [0.25, 0.3) is 0 Å². The maximum absolute atomic E-state index is 6.97. The van der Waals surface area contributed by atoms with Gasteiger partial charge in [0, 0.05) is 55.7 Å². The van der Waals surface area contributed by atoms with Crippen molar-refractivity contribution in [2.45, 2.75) is 19.3 Å². The van der Waals surface area contributed by atoms with Crippen molar-refractivity contribution in [3.63, 3.8) is 0 Å². The first kappa shape index (κ1) is 33.0. The summed E-state index contributed by atoms with van der Waals surface area (Å²) < 4.78 is 6.97. The van der Waals surface area contributed by atoms with E-state index >= 15 is 0 Å². The van der Waals surface area contributed by atoms with Crippen LogP contribution >= 0.6 is 0 Å². The quantitative estimate of drug-likeness (QED) is 0.170. The number of aromatic nitrogens is 3. The zero-order valence-electron chi connectivity index (χ0n) is 31.5. The van der Waals surface area contributed by atoms with Crippen LogP contribution in [0.4, 0.5) is 17.1 Å². The average molecular weight is 733 g/mol. The summed E-state index contributed by atoms with van der Waals surface area (Å²) in [6.07, 6.45) is 0. The molecule has 1 aliphatic rings. The van der Waals surface area contributed by atoms with Crippen LogP contribution in [0.25, 0.3) is 78.0 Å². The van der Waals surface area contributed by atoms with Crippen LogP contribution < -0.4 is 4.90 Å². The topological polar surface area (TPSA) is 55.1 Å². The van der Waals surface area contributed by atoms with Crippen LogP contribution in [-0.2, 0) is 5.41 Å². The lowest BCUT2D eigenvalue weighted by Crippen LogP contribution is -2.16. The van der Waals surface area contributed by atoms with E-state index in [0.717, 1.165) is 66.5 Å². The number of rotatable bonds is 6. The Bertz CT molecular complexity index is 3100. The Hall–Kier alpha value is -7.37. The molecular weight excluding hydrogens is 697 g/mol. The summed E-state index contributed by atoms with van der Waals surface area (Å²) in [5.74, 6) is 1.79. The minimum atomic E-state index is -0.161. The Morgan fingerprint density at radius 1 is 0.439 bits per heavy atom. The van der Waals surface area contributed by atoms with E-state index in [1.54, 1.807) is 0 Å². The van der Waals surface area contributed by atoms with Crippen LogP contribution in [0, 0.1) is 0 Å². The SMILES string of the molecule is CC1(C)c2ccccc2-c2ccc(N(c3ccccc3)c3cc(-c4nc(-c5ccccc5)nc(-c5ccccc5)n4)c4c(c3)oc3c5ccccc5ccc34)cc21. The predicted molar refractivity (Wildman–Crippen MR) is 233 cm³/mol. The lowest BCUT2D eigenvalue weighted by atomic mass is 9.82. The smallest absolute Gasteiger partial charge is 0.164 e. The van der Waals surface area contributed by atoms with E-state index in [1.807, 2.05) is 60.7 Å². The van der Waals surface area contributed by atoms with Gasteiger partial charge in [-0.25, -0.2) is 15.0 Å². The van der Waals surface area contributed by atoms with Gasteiger partial charge >= 0.3 is 0 Å². The van der Waals surface area contributed by atoms with Gasteiger partial charge < -0.3 is 9.32 Å². The van der Waals surface area contributed by atoms with Gasteiger partial charge in [0.1, 0.15) is 11.2 Å². The maximum atomic E-state index is 6.97. The molecule has 0 saturated heterocycles. The fourth-order valence-corrected chi connectivity index (χ4v) is 8.71. The largest absolute Gasteiger partial charge is 0.455 e. The van der Waals surface area contributed by atoms with E-state index in [-0.39, 0.29) is 5.41 Å². The standard InChI is InChI=1S/C52H36N4O/c1-52(2)44-25-15-14-24-40(44)41-29-27-37(31-45(41)52)56(36-21-10-5-11-22-36)38-30-43(47-42-28-26-33-16-12-13-23-39(33)48(42)57-46(47)32-38)51-54-49(34-17-6-3-7-18-34)53-50(55-51)35-19-8-4-9-20-35/h3-32H,1-2H3. The van der Waals surface area contributed by atoms with Crippen molar-refractivity contribution < 1.29 is 4.42 Å². The van der Waals surface area contributed by atoms with Gasteiger partial charge in [0.2, 0.25) is 0 Å². The fourth-order valence-electron chi connectivity index (χ4n) is 8.71. The number of furan rings is 1. The first-order valence-electron chi connectivity index (χ1n) is 19.4. The molecule has 2 heterocycles. The van der Waals surface area contributed by atoms with Crippen LogP contribution in [0.5, 0.6) is 0 Å². The van der Waals surface area contributed by atoms with Gasteiger partial charge in [-0.1, -0.05) is 153 Å². The zero-order valence-corrected chi connectivity index (χ0v) is 31.5. The van der Waals surface area contributed by atoms with E-state index in [0.29, 0.717) is 17.5 Å². The molecule has 2 aromatic heterocycles. The van der Waals surface area contributed by atoms with Crippen molar-refractivity contribution in [2.24, 2.45) is 0 Å². The summed E-state index contributed by atoms with van der Waals surface area (Å²) in [4.78, 5) is 17.9. The van der Waals surface area contributed by atoms with E-state index in [4.69, 9.17) is 19.4 Å². The van der Waals surface area contributed by atoms with E-state index in [2.05, 4.69) is 140 Å². The molecule has 5 heteroatoms. The monoisotopic (exact) mass is 732 g/mol. The molecule has 0 amide bonds. The molecule has 0 fully saturated rings. The Morgan fingerprint density at radius 2 is 1.05 bits per heavy atom. The molecule has 0 atom stereocenters. The molecule has 8 aromatic carbocycles. The molecule has 0 unspecified atom stereocenters. The van der Waals surface area contributed by atoms with Gasteiger partial charge in [0.15, 0.2) is 17.5 Å². The van der Waals surface area contributed by atoms with Gasteiger partial charge in [-0.3, -0.25) is 0 Å². The van der Waals surface area contributed by atoms with Crippen molar-refractivity contribution in [1.29, 1.82) is 0 Å². The minimum Gasteiger partial charge on any atom is -0.455 e. The van der Waals surface area contributed by atoms with Crippen LogP contribution in [0.1, 0.15) is 25.0 Å². The Labute approximate surface area is 330 Å². The van der Waals surface area contributed by atoms with Crippen molar-refractivity contribution in [2.75, 3.05) is 4.90 Å². The number of hydrogen-bond donors (Lipinski definition) is 0. The second kappa shape index (κ2) is 12.9. The van der Waals surface area contributed by atoms with Crippen molar-refractivity contribution in [3.8, 4) is 45.3 Å². The molecule has 0 aliphatic heterocycles. The third-order valence-corrected chi connectivity index (χ3v) is 11.5. The molecule has 0 bridgehead atoms. The third-order valence-electron chi connectivity index (χ3n) is 11.5. The molecule has 57 heavy (non-hydrogen) atoms. The molecule has 0 saturated carbocycles. The predicted octanol–water partition coefficient (Wildman–Crippen LogP) is 13.7. The molecule has 11 rings (SSSR count). The van der Waals surface area contributed by atoms with Crippen LogP contribution in [0.2, 0.25) is 0 Å². The Kier molecular flexibility index (Phi) is 7.45. The third kappa shape index (κ3) is 5.35. The second-order valence-corrected chi connectivity index (χ2v) is 15.2. The highest BCUT2D eigenvalue weighted by molar-refractivity contribution is 6.19. The van der Waals surface area contributed by atoms with Gasteiger partial charge in [-0.2, -0.15) is 0 Å². The lowest BCUT2D eigenvalue weighted by molar-refractivity contribution is 0.660. The highest BCUT2D eigenvalue weighted by Crippen LogP contribution is 2.51. The van der Waals surface area contributed by atoms with Crippen molar-refractivity contribution in [1.82, 2.24) is 15.0 Å². The highest BCUT2D eigenvalue weighted by atomic mass is 16.3. The van der Waals surface area contributed by atoms with Crippen LogP contribution in [0.15, 0.2) is 186 Å². The Balaban J connectivity index is 1.21.